The van der Waals surface area contributed by atoms with Gasteiger partial charge in [-0.15, -0.1) is 0 Å². The number of rotatable bonds is 8. The Balaban J connectivity index is 1.55. The topological polar surface area (TPSA) is 70.7 Å². The molecule has 1 saturated carbocycles. The minimum absolute atomic E-state index is 0.0740. The first-order valence-electron chi connectivity index (χ1n) is 10.1. The smallest absolute Gasteiger partial charge is 0.318 e. The third kappa shape index (κ3) is 5.50. The number of carbonyl (C=O) groups is 2. The van der Waals surface area contributed by atoms with Gasteiger partial charge in [0.05, 0.1) is 13.2 Å². The molecule has 0 heterocycles. The molecule has 1 atom stereocenters. The summed E-state index contributed by atoms with van der Waals surface area (Å²) in [6.07, 6.45) is 1.97. The van der Waals surface area contributed by atoms with Crippen molar-refractivity contribution in [1.29, 1.82) is 0 Å². The Kier molecular flexibility index (Phi) is 6.75. The van der Waals surface area contributed by atoms with Crippen LogP contribution in [0.3, 0.4) is 0 Å². The summed E-state index contributed by atoms with van der Waals surface area (Å²) in [4.78, 5) is 26.4. The lowest BCUT2D eigenvalue weighted by atomic mass is 10.1. The maximum Gasteiger partial charge on any atom is 0.318 e. The number of methoxy groups -OCH3 is 1. The van der Waals surface area contributed by atoms with Gasteiger partial charge in [-0.05, 0) is 62.1 Å². The summed E-state index contributed by atoms with van der Waals surface area (Å²) in [6, 6.07) is 15.2. The second-order valence-electron chi connectivity index (χ2n) is 7.36. The number of nitrogens with zero attached hydrogens (tertiary/aromatic N) is 1. The number of carbonyl (C=O) groups excluding carboxylic acids is 2. The number of urea groups is 1. The Morgan fingerprint density at radius 1 is 1.17 bits per heavy atom. The van der Waals surface area contributed by atoms with E-state index in [1.54, 1.807) is 12.0 Å². The first-order valence-corrected chi connectivity index (χ1v) is 10.1. The highest BCUT2D eigenvalue weighted by Gasteiger charge is 2.29. The minimum atomic E-state index is -0.117. The van der Waals surface area contributed by atoms with Gasteiger partial charge in [-0.2, -0.15) is 0 Å². The molecule has 3 rings (SSSR count). The van der Waals surface area contributed by atoms with Crippen LogP contribution in [0.25, 0.3) is 0 Å². The van der Waals surface area contributed by atoms with E-state index >= 15 is 0 Å². The lowest BCUT2D eigenvalue weighted by Crippen LogP contribution is -2.41. The van der Waals surface area contributed by atoms with Gasteiger partial charge in [0.15, 0.2) is 0 Å². The molecule has 1 unspecified atom stereocenters. The molecule has 0 radical (unpaired) electrons. The van der Waals surface area contributed by atoms with Crippen molar-refractivity contribution in [2.24, 2.45) is 5.92 Å². The van der Waals surface area contributed by atoms with Crippen LogP contribution < -0.4 is 15.4 Å². The Morgan fingerprint density at radius 2 is 1.90 bits per heavy atom. The number of amides is 3. The standard InChI is InChI=1S/C23H29N3O3/c1-4-26(16(2)19-6-5-7-21(14-19)29-3)23(28)24-15-17-8-12-20(13-9-17)25-22(27)18-10-11-18/h5-9,12-14,16,18H,4,10-11,15H2,1-3H3,(H,24,28)(H,25,27). The molecule has 0 aromatic heterocycles. The van der Waals surface area contributed by atoms with Gasteiger partial charge in [0.25, 0.3) is 0 Å². The summed E-state index contributed by atoms with van der Waals surface area (Å²) in [5.41, 5.74) is 2.80. The highest BCUT2D eigenvalue weighted by Crippen LogP contribution is 2.30. The van der Waals surface area contributed by atoms with Crippen molar-refractivity contribution in [3.05, 3.63) is 59.7 Å². The van der Waals surface area contributed by atoms with Gasteiger partial charge in [-0.25, -0.2) is 4.79 Å². The molecule has 154 valence electrons. The van der Waals surface area contributed by atoms with Crippen LogP contribution in [0, 0.1) is 5.92 Å². The quantitative estimate of drug-likeness (QED) is 0.699. The molecule has 1 fully saturated rings. The highest BCUT2D eigenvalue weighted by molar-refractivity contribution is 5.94. The zero-order chi connectivity index (χ0) is 20.8. The van der Waals surface area contributed by atoms with Crippen molar-refractivity contribution >= 4 is 17.6 Å². The van der Waals surface area contributed by atoms with Crippen LogP contribution in [0.4, 0.5) is 10.5 Å². The average Bonchev–Trinajstić information content (AvgIpc) is 3.59. The maximum atomic E-state index is 12.7. The molecular formula is C23H29N3O3. The molecule has 3 amide bonds. The van der Waals surface area contributed by atoms with Crippen LogP contribution in [0.2, 0.25) is 0 Å². The van der Waals surface area contributed by atoms with Gasteiger partial charge < -0.3 is 20.3 Å². The Hall–Kier alpha value is -3.02. The van der Waals surface area contributed by atoms with Crippen molar-refractivity contribution in [2.45, 2.75) is 39.3 Å². The van der Waals surface area contributed by atoms with Crippen molar-refractivity contribution < 1.29 is 14.3 Å². The average molecular weight is 396 g/mol. The van der Waals surface area contributed by atoms with Crippen LogP contribution in [0.15, 0.2) is 48.5 Å². The van der Waals surface area contributed by atoms with E-state index in [0.717, 1.165) is 35.4 Å². The van der Waals surface area contributed by atoms with E-state index in [0.29, 0.717) is 13.1 Å². The van der Waals surface area contributed by atoms with Gasteiger partial charge in [-0.3, -0.25) is 4.79 Å². The minimum Gasteiger partial charge on any atom is -0.497 e. The molecule has 29 heavy (non-hydrogen) atoms. The summed E-state index contributed by atoms with van der Waals surface area (Å²) in [5, 5.41) is 5.91. The summed E-state index contributed by atoms with van der Waals surface area (Å²) in [6.45, 7) is 5.00. The second kappa shape index (κ2) is 9.45. The van der Waals surface area contributed by atoms with Gasteiger partial charge in [0.2, 0.25) is 5.91 Å². The lowest BCUT2D eigenvalue weighted by Gasteiger charge is -2.29. The molecule has 2 aromatic carbocycles. The van der Waals surface area contributed by atoms with Crippen LogP contribution in [0.5, 0.6) is 5.75 Å². The fourth-order valence-corrected chi connectivity index (χ4v) is 3.25. The first-order chi connectivity index (χ1) is 14.0. The summed E-state index contributed by atoms with van der Waals surface area (Å²) >= 11 is 0. The highest BCUT2D eigenvalue weighted by atomic mass is 16.5. The van der Waals surface area contributed by atoms with Crippen molar-refractivity contribution in [3.63, 3.8) is 0 Å². The molecule has 0 spiro atoms. The van der Waals surface area contributed by atoms with Crippen LogP contribution >= 0.6 is 0 Å². The predicted octanol–water partition coefficient (Wildman–Crippen LogP) is 4.34. The molecule has 0 aliphatic heterocycles. The second-order valence-corrected chi connectivity index (χ2v) is 7.36. The van der Waals surface area contributed by atoms with Crippen molar-refractivity contribution in [1.82, 2.24) is 10.2 Å². The Morgan fingerprint density at radius 3 is 2.52 bits per heavy atom. The molecule has 1 aliphatic rings. The molecule has 6 heteroatoms. The van der Waals surface area contributed by atoms with E-state index < -0.39 is 0 Å². The fourth-order valence-electron chi connectivity index (χ4n) is 3.25. The molecule has 2 N–H and O–H groups in total. The molecule has 2 aromatic rings. The van der Waals surface area contributed by atoms with E-state index in [2.05, 4.69) is 10.6 Å². The van der Waals surface area contributed by atoms with E-state index in [9.17, 15) is 9.59 Å². The lowest BCUT2D eigenvalue weighted by molar-refractivity contribution is -0.117. The largest absolute Gasteiger partial charge is 0.497 e. The van der Waals surface area contributed by atoms with Crippen molar-refractivity contribution in [2.75, 3.05) is 19.0 Å². The summed E-state index contributed by atoms with van der Waals surface area (Å²) < 4.78 is 5.29. The fraction of sp³-hybridized carbons (Fsp3) is 0.391. The van der Waals surface area contributed by atoms with Crippen LogP contribution in [-0.2, 0) is 11.3 Å². The SMILES string of the molecule is CCN(C(=O)NCc1ccc(NC(=O)C2CC2)cc1)C(C)c1cccc(OC)c1. The maximum absolute atomic E-state index is 12.7. The predicted molar refractivity (Wildman–Crippen MR) is 114 cm³/mol. The number of benzene rings is 2. The molecule has 1 aliphatic carbocycles. The number of anilines is 1. The van der Waals surface area contributed by atoms with E-state index in [4.69, 9.17) is 4.74 Å². The third-order valence-corrected chi connectivity index (χ3v) is 5.26. The zero-order valence-corrected chi connectivity index (χ0v) is 17.3. The molecule has 0 bridgehead atoms. The Bertz CT molecular complexity index is 847. The van der Waals surface area contributed by atoms with Gasteiger partial charge in [0, 0.05) is 24.7 Å². The Labute approximate surface area is 172 Å². The van der Waals surface area contributed by atoms with Crippen molar-refractivity contribution in [3.8, 4) is 5.75 Å². The third-order valence-electron chi connectivity index (χ3n) is 5.26. The van der Waals surface area contributed by atoms with E-state index in [1.807, 2.05) is 62.4 Å². The molecule has 6 nitrogen and oxygen atoms in total. The van der Waals surface area contributed by atoms with E-state index in [1.165, 1.54) is 0 Å². The normalized spacial score (nSPS) is 14.0. The van der Waals surface area contributed by atoms with Gasteiger partial charge in [0.1, 0.15) is 5.75 Å². The number of hydrogen-bond donors (Lipinski definition) is 2. The summed E-state index contributed by atoms with van der Waals surface area (Å²) in [5.74, 6) is 1.05. The summed E-state index contributed by atoms with van der Waals surface area (Å²) in [7, 11) is 1.64. The molecular weight excluding hydrogens is 366 g/mol. The van der Waals surface area contributed by atoms with Gasteiger partial charge >= 0.3 is 6.03 Å². The van der Waals surface area contributed by atoms with E-state index in [-0.39, 0.29) is 23.9 Å². The van der Waals surface area contributed by atoms with Crippen LogP contribution in [-0.4, -0.2) is 30.5 Å². The first kappa shape index (κ1) is 20.7. The number of hydrogen-bond acceptors (Lipinski definition) is 3. The zero-order valence-electron chi connectivity index (χ0n) is 17.3. The number of ether oxygens (including phenoxy) is 1. The monoisotopic (exact) mass is 395 g/mol. The van der Waals surface area contributed by atoms with Gasteiger partial charge in [-0.1, -0.05) is 24.3 Å². The molecule has 0 saturated heterocycles. The number of nitrogens with one attached hydrogen (secondary N) is 2. The van der Waals surface area contributed by atoms with Crippen LogP contribution in [0.1, 0.15) is 43.9 Å².